The van der Waals surface area contributed by atoms with Gasteiger partial charge in [0.05, 0.1) is 6.54 Å². The maximum Gasteiger partial charge on any atom is 0.191 e. The topological polar surface area (TPSA) is 67.1 Å². The molecule has 1 aromatic heterocycles. The lowest BCUT2D eigenvalue weighted by atomic mass is 10.1. The van der Waals surface area contributed by atoms with Crippen molar-refractivity contribution >= 4 is 29.9 Å². The molecule has 2 heterocycles. The van der Waals surface area contributed by atoms with Crippen LogP contribution in [0.3, 0.4) is 0 Å². The summed E-state index contributed by atoms with van der Waals surface area (Å²) in [7, 11) is 0. The number of aliphatic imine (C=N–C) groups is 1. The normalized spacial score (nSPS) is 24.4. The van der Waals surface area contributed by atoms with Gasteiger partial charge in [0, 0.05) is 31.0 Å². The molecule has 2 aliphatic rings. The van der Waals surface area contributed by atoms with Crippen molar-refractivity contribution in [1.29, 1.82) is 0 Å². The van der Waals surface area contributed by atoms with Crippen molar-refractivity contribution in [3.05, 3.63) is 47.8 Å². The fraction of sp³-hybridized carbons (Fsp3) is 0.500. The quantitative estimate of drug-likeness (QED) is 0.410. The SMILES string of the molecule is CCN=C(NC1CCc2ncnn2C1)NC1CC1c1ccccc1F.I. The van der Waals surface area contributed by atoms with Gasteiger partial charge in [-0.25, -0.2) is 14.1 Å². The number of benzene rings is 1. The summed E-state index contributed by atoms with van der Waals surface area (Å²) in [4.78, 5) is 8.81. The van der Waals surface area contributed by atoms with Crippen LogP contribution < -0.4 is 10.6 Å². The molecule has 1 aromatic carbocycles. The van der Waals surface area contributed by atoms with Crippen molar-refractivity contribution in [2.75, 3.05) is 6.54 Å². The van der Waals surface area contributed by atoms with Gasteiger partial charge in [-0.1, -0.05) is 18.2 Å². The van der Waals surface area contributed by atoms with Crippen LogP contribution in [0.25, 0.3) is 0 Å². The van der Waals surface area contributed by atoms with Gasteiger partial charge in [-0.15, -0.1) is 24.0 Å². The number of hydrogen-bond acceptors (Lipinski definition) is 3. The summed E-state index contributed by atoms with van der Waals surface area (Å²) in [6, 6.07) is 7.54. The second-order valence-corrected chi connectivity index (χ2v) is 6.68. The predicted molar refractivity (Wildman–Crippen MR) is 109 cm³/mol. The van der Waals surface area contributed by atoms with Gasteiger partial charge >= 0.3 is 0 Å². The summed E-state index contributed by atoms with van der Waals surface area (Å²) in [6.45, 7) is 3.51. The van der Waals surface area contributed by atoms with E-state index in [0.29, 0.717) is 6.54 Å². The van der Waals surface area contributed by atoms with E-state index in [1.54, 1.807) is 12.4 Å². The molecule has 3 unspecified atom stereocenters. The van der Waals surface area contributed by atoms with E-state index in [2.05, 4.69) is 25.7 Å². The maximum atomic E-state index is 13.9. The standard InChI is InChI=1S/C18H23FN6.HI/c1-2-20-18(23-12-7-8-17-21-11-22-25(17)10-12)24-16-9-14(16)13-5-3-4-6-15(13)19;/h3-6,11-12,14,16H,2,7-10H2,1H3,(H2,20,23,24);1H. The molecule has 1 aliphatic heterocycles. The number of rotatable bonds is 4. The number of aryl methyl sites for hydroxylation is 1. The first-order valence-electron chi connectivity index (χ1n) is 8.93. The maximum absolute atomic E-state index is 13.9. The molecule has 3 atom stereocenters. The third-order valence-electron chi connectivity index (χ3n) is 4.88. The molecule has 0 saturated heterocycles. The van der Waals surface area contributed by atoms with Gasteiger partial charge in [0.25, 0.3) is 0 Å². The Balaban J connectivity index is 0.00000196. The number of nitrogens with zero attached hydrogens (tertiary/aromatic N) is 4. The van der Waals surface area contributed by atoms with Crippen molar-refractivity contribution in [3.63, 3.8) is 0 Å². The molecule has 0 spiro atoms. The molecule has 2 aromatic rings. The van der Waals surface area contributed by atoms with Crippen LogP contribution in [0.4, 0.5) is 4.39 Å². The first-order chi connectivity index (χ1) is 12.2. The highest BCUT2D eigenvalue weighted by Crippen LogP contribution is 2.41. The van der Waals surface area contributed by atoms with Gasteiger partial charge in [-0.3, -0.25) is 4.99 Å². The zero-order valence-electron chi connectivity index (χ0n) is 14.7. The lowest BCUT2D eigenvalue weighted by molar-refractivity contribution is 0.392. The van der Waals surface area contributed by atoms with Crippen LogP contribution >= 0.6 is 24.0 Å². The first kappa shape index (κ1) is 19.1. The van der Waals surface area contributed by atoms with Crippen molar-refractivity contribution in [2.45, 2.75) is 50.7 Å². The van der Waals surface area contributed by atoms with Crippen LogP contribution in [0.1, 0.15) is 37.1 Å². The van der Waals surface area contributed by atoms with Gasteiger partial charge in [-0.2, -0.15) is 5.10 Å². The molecule has 26 heavy (non-hydrogen) atoms. The zero-order valence-corrected chi connectivity index (χ0v) is 17.1. The van der Waals surface area contributed by atoms with E-state index in [1.807, 2.05) is 23.7 Å². The average molecular weight is 470 g/mol. The Morgan fingerprint density at radius 1 is 1.35 bits per heavy atom. The minimum absolute atomic E-state index is 0. The molecule has 0 radical (unpaired) electrons. The van der Waals surface area contributed by atoms with Crippen LogP contribution in [-0.4, -0.2) is 39.4 Å². The number of fused-ring (bicyclic) bond motifs is 1. The Morgan fingerprint density at radius 3 is 3.00 bits per heavy atom. The lowest BCUT2D eigenvalue weighted by Crippen LogP contribution is -2.48. The van der Waals surface area contributed by atoms with Crippen molar-refractivity contribution in [1.82, 2.24) is 25.4 Å². The molecule has 4 rings (SSSR count). The largest absolute Gasteiger partial charge is 0.353 e. The molecular formula is C18H24FIN6. The van der Waals surface area contributed by atoms with E-state index in [9.17, 15) is 4.39 Å². The molecule has 8 heteroatoms. The van der Waals surface area contributed by atoms with Crippen LogP contribution in [0.15, 0.2) is 35.6 Å². The molecule has 6 nitrogen and oxygen atoms in total. The van der Waals surface area contributed by atoms with E-state index < -0.39 is 0 Å². The summed E-state index contributed by atoms with van der Waals surface area (Å²) in [5.74, 6) is 1.95. The molecule has 0 amide bonds. The van der Waals surface area contributed by atoms with Crippen LogP contribution in [0, 0.1) is 5.82 Å². The zero-order chi connectivity index (χ0) is 17.2. The predicted octanol–water partition coefficient (Wildman–Crippen LogP) is 2.46. The third kappa shape index (κ3) is 4.16. The lowest BCUT2D eigenvalue weighted by Gasteiger charge is -2.25. The van der Waals surface area contributed by atoms with Crippen molar-refractivity contribution in [3.8, 4) is 0 Å². The highest BCUT2D eigenvalue weighted by atomic mass is 127. The number of aromatic nitrogens is 3. The summed E-state index contributed by atoms with van der Waals surface area (Å²) in [5, 5.41) is 11.2. The molecule has 1 saturated carbocycles. The number of guanidine groups is 1. The minimum atomic E-state index is -0.121. The fourth-order valence-electron chi connectivity index (χ4n) is 3.49. The van der Waals surface area contributed by atoms with Crippen molar-refractivity contribution < 1.29 is 4.39 Å². The molecular weight excluding hydrogens is 446 g/mol. The van der Waals surface area contributed by atoms with E-state index >= 15 is 0 Å². The Morgan fingerprint density at radius 2 is 2.19 bits per heavy atom. The Kier molecular flexibility index (Phi) is 6.10. The van der Waals surface area contributed by atoms with Crippen LogP contribution in [-0.2, 0) is 13.0 Å². The average Bonchev–Trinajstić information content (AvgIpc) is 3.19. The van der Waals surface area contributed by atoms with Gasteiger partial charge in [0.15, 0.2) is 5.96 Å². The second kappa shape index (κ2) is 8.32. The Bertz CT molecular complexity index is 777. The molecule has 1 fully saturated rings. The first-order valence-corrected chi connectivity index (χ1v) is 8.93. The molecule has 1 aliphatic carbocycles. The summed E-state index contributed by atoms with van der Waals surface area (Å²) in [6.07, 6.45) is 4.46. The monoisotopic (exact) mass is 470 g/mol. The molecule has 2 N–H and O–H groups in total. The smallest absolute Gasteiger partial charge is 0.191 e. The van der Waals surface area contributed by atoms with Crippen molar-refractivity contribution in [2.24, 2.45) is 4.99 Å². The highest BCUT2D eigenvalue weighted by molar-refractivity contribution is 14.0. The number of hydrogen-bond donors (Lipinski definition) is 2. The van der Waals surface area contributed by atoms with E-state index in [4.69, 9.17) is 0 Å². The number of nitrogens with one attached hydrogen (secondary N) is 2. The van der Waals surface area contributed by atoms with Gasteiger partial charge in [-0.05, 0) is 31.4 Å². The summed E-state index contributed by atoms with van der Waals surface area (Å²) in [5.41, 5.74) is 0.792. The van der Waals surface area contributed by atoms with Gasteiger partial charge < -0.3 is 10.6 Å². The Hall–Kier alpha value is -1.71. The number of halogens is 2. The second-order valence-electron chi connectivity index (χ2n) is 6.68. The minimum Gasteiger partial charge on any atom is -0.353 e. The third-order valence-corrected chi connectivity index (χ3v) is 4.88. The van der Waals surface area contributed by atoms with E-state index in [-0.39, 0.29) is 47.8 Å². The summed E-state index contributed by atoms with van der Waals surface area (Å²) < 4.78 is 15.9. The van der Waals surface area contributed by atoms with E-state index in [0.717, 1.165) is 43.2 Å². The fourth-order valence-corrected chi connectivity index (χ4v) is 3.49. The summed E-state index contributed by atoms with van der Waals surface area (Å²) >= 11 is 0. The molecule has 140 valence electrons. The van der Waals surface area contributed by atoms with Crippen LogP contribution in [0.2, 0.25) is 0 Å². The van der Waals surface area contributed by atoms with Gasteiger partial charge in [0.2, 0.25) is 0 Å². The Labute approximate surface area is 169 Å². The van der Waals surface area contributed by atoms with E-state index in [1.165, 1.54) is 6.07 Å². The molecule has 0 bridgehead atoms. The van der Waals surface area contributed by atoms with Gasteiger partial charge in [0.1, 0.15) is 18.0 Å². The van der Waals surface area contributed by atoms with Crippen LogP contribution in [0.5, 0.6) is 0 Å². The highest BCUT2D eigenvalue weighted by Gasteiger charge is 2.40.